The van der Waals surface area contributed by atoms with Crippen molar-refractivity contribution in [3.05, 3.63) is 53.7 Å². The molecule has 0 spiro atoms. The Morgan fingerprint density at radius 2 is 1.79 bits per heavy atom. The topological polar surface area (TPSA) is 61.4 Å². The number of aromatic nitrogens is 2. The molecule has 0 saturated carbocycles. The fourth-order valence-corrected chi connectivity index (χ4v) is 2.78. The molecule has 24 heavy (non-hydrogen) atoms. The van der Waals surface area contributed by atoms with Gasteiger partial charge in [0.2, 0.25) is 0 Å². The van der Waals surface area contributed by atoms with Crippen molar-refractivity contribution in [2.45, 2.75) is 13.5 Å². The Morgan fingerprint density at radius 1 is 1.04 bits per heavy atom. The van der Waals surface area contributed by atoms with E-state index in [4.69, 9.17) is 0 Å². The Hall–Kier alpha value is -2.47. The number of hydrogen-bond donors (Lipinski definition) is 1. The molecule has 2 aromatic rings. The molecule has 0 atom stereocenters. The summed E-state index contributed by atoms with van der Waals surface area (Å²) in [5, 5.41) is 11.2. The number of carbonyl (C=O) groups excluding carboxylic acids is 1. The number of piperazine rings is 1. The van der Waals surface area contributed by atoms with Crippen LogP contribution in [-0.2, 0) is 6.54 Å². The average molecular weight is 325 g/mol. The second-order valence-corrected chi connectivity index (χ2v) is 5.87. The summed E-state index contributed by atoms with van der Waals surface area (Å²) in [6.45, 7) is 7.72. The average Bonchev–Trinajstić information content (AvgIpc) is 2.67. The van der Waals surface area contributed by atoms with Crippen LogP contribution in [0.3, 0.4) is 0 Å². The summed E-state index contributed by atoms with van der Waals surface area (Å²) < 4.78 is 0. The van der Waals surface area contributed by atoms with E-state index < -0.39 is 0 Å². The predicted molar refractivity (Wildman–Crippen MR) is 94.0 cm³/mol. The molecule has 2 heterocycles. The van der Waals surface area contributed by atoms with Crippen molar-refractivity contribution in [1.82, 2.24) is 20.4 Å². The number of nitrogens with one attached hydrogen (secondary N) is 1. The lowest BCUT2D eigenvalue weighted by Gasteiger charge is -2.34. The number of rotatable bonds is 5. The first-order chi connectivity index (χ1) is 11.8. The van der Waals surface area contributed by atoms with Gasteiger partial charge in [0.1, 0.15) is 0 Å². The summed E-state index contributed by atoms with van der Waals surface area (Å²) >= 11 is 0. The Morgan fingerprint density at radius 3 is 2.42 bits per heavy atom. The van der Waals surface area contributed by atoms with E-state index in [1.54, 1.807) is 6.07 Å². The first kappa shape index (κ1) is 16.4. The molecule has 1 aliphatic rings. The molecule has 6 heteroatoms. The fraction of sp³-hybridized carbons (Fsp3) is 0.389. The van der Waals surface area contributed by atoms with Gasteiger partial charge in [0, 0.05) is 32.7 Å². The first-order valence-corrected chi connectivity index (χ1v) is 8.39. The van der Waals surface area contributed by atoms with Crippen molar-refractivity contribution in [2.24, 2.45) is 0 Å². The quantitative estimate of drug-likeness (QED) is 0.904. The number of anilines is 1. The van der Waals surface area contributed by atoms with Gasteiger partial charge in [-0.3, -0.25) is 4.79 Å². The number of carbonyl (C=O) groups is 1. The smallest absolute Gasteiger partial charge is 0.272 e. The van der Waals surface area contributed by atoms with Crippen LogP contribution in [0.5, 0.6) is 0 Å². The molecule has 1 aromatic heterocycles. The largest absolute Gasteiger partial charge is 0.353 e. The Bertz CT molecular complexity index is 651. The van der Waals surface area contributed by atoms with E-state index in [1.165, 1.54) is 0 Å². The fourth-order valence-electron chi connectivity index (χ4n) is 2.78. The molecule has 126 valence electrons. The maximum Gasteiger partial charge on any atom is 0.272 e. The van der Waals surface area contributed by atoms with Crippen LogP contribution in [0.15, 0.2) is 42.5 Å². The Labute approximate surface area is 142 Å². The molecular formula is C18H23N5O. The highest BCUT2D eigenvalue weighted by Crippen LogP contribution is 2.12. The summed E-state index contributed by atoms with van der Waals surface area (Å²) in [4.78, 5) is 16.8. The van der Waals surface area contributed by atoms with E-state index in [9.17, 15) is 4.79 Å². The normalized spacial score (nSPS) is 15.3. The van der Waals surface area contributed by atoms with Gasteiger partial charge >= 0.3 is 0 Å². The SMILES string of the molecule is CCN1CCN(c2ccc(C(=O)NCc3ccccc3)nn2)CC1. The van der Waals surface area contributed by atoms with Crippen molar-refractivity contribution in [3.63, 3.8) is 0 Å². The van der Waals surface area contributed by atoms with Gasteiger partial charge in [0.15, 0.2) is 11.5 Å². The van der Waals surface area contributed by atoms with Gasteiger partial charge in [-0.1, -0.05) is 37.3 Å². The third kappa shape index (κ3) is 4.08. The third-order valence-electron chi connectivity index (χ3n) is 4.32. The zero-order chi connectivity index (χ0) is 16.8. The van der Waals surface area contributed by atoms with Crippen LogP contribution in [0.1, 0.15) is 23.0 Å². The predicted octanol–water partition coefficient (Wildman–Crippen LogP) is 1.55. The van der Waals surface area contributed by atoms with Gasteiger partial charge < -0.3 is 15.1 Å². The molecule has 1 aromatic carbocycles. The van der Waals surface area contributed by atoms with Crippen LogP contribution in [0.2, 0.25) is 0 Å². The standard InChI is InChI=1S/C18H23N5O/c1-2-22-10-12-23(13-11-22)17-9-8-16(20-21-17)18(24)19-14-15-6-4-3-5-7-15/h3-9H,2,10-14H2,1H3,(H,19,24). The highest BCUT2D eigenvalue weighted by atomic mass is 16.1. The molecule has 1 N–H and O–H groups in total. The third-order valence-corrected chi connectivity index (χ3v) is 4.32. The van der Waals surface area contributed by atoms with Gasteiger partial charge in [-0.05, 0) is 24.2 Å². The van der Waals surface area contributed by atoms with E-state index in [1.807, 2.05) is 36.4 Å². The van der Waals surface area contributed by atoms with Crippen molar-refractivity contribution < 1.29 is 4.79 Å². The molecule has 0 aliphatic carbocycles. The van der Waals surface area contributed by atoms with E-state index >= 15 is 0 Å². The molecule has 0 bridgehead atoms. The summed E-state index contributed by atoms with van der Waals surface area (Å²) in [7, 11) is 0. The number of nitrogens with zero attached hydrogens (tertiary/aromatic N) is 4. The molecular weight excluding hydrogens is 302 g/mol. The highest BCUT2D eigenvalue weighted by molar-refractivity contribution is 5.92. The number of hydrogen-bond acceptors (Lipinski definition) is 5. The maximum absolute atomic E-state index is 12.2. The van der Waals surface area contributed by atoms with Crippen molar-refractivity contribution in [3.8, 4) is 0 Å². The van der Waals surface area contributed by atoms with Crippen LogP contribution in [0.25, 0.3) is 0 Å². The number of benzene rings is 1. The summed E-state index contributed by atoms with van der Waals surface area (Å²) in [5.41, 5.74) is 1.41. The second kappa shape index (κ2) is 7.88. The molecule has 1 saturated heterocycles. The first-order valence-electron chi connectivity index (χ1n) is 8.39. The lowest BCUT2D eigenvalue weighted by Crippen LogP contribution is -2.46. The molecule has 1 aliphatic heterocycles. The van der Waals surface area contributed by atoms with Crippen LogP contribution in [-0.4, -0.2) is 53.7 Å². The minimum Gasteiger partial charge on any atom is -0.353 e. The highest BCUT2D eigenvalue weighted by Gasteiger charge is 2.17. The van der Waals surface area contributed by atoms with Crippen LogP contribution in [0, 0.1) is 0 Å². The van der Waals surface area contributed by atoms with E-state index in [0.717, 1.165) is 44.1 Å². The van der Waals surface area contributed by atoms with Crippen LogP contribution in [0.4, 0.5) is 5.82 Å². The Kier molecular flexibility index (Phi) is 5.38. The van der Waals surface area contributed by atoms with Crippen LogP contribution < -0.4 is 10.2 Å². The number of amides is 1. The van der Waals surface area contributed by atoms with Gasteiger partial charge in [0.05, 0.1) is 0 Å². The maximum atomic E-state index is 12.2. The van der Waals surface area contributed by atoms with Crippen molar-refractivity contribution in [2.75, 3.05) is 37.6 Å². The summed E-state index contributed by atoms with van der Waals surface area (Å²) in [5.74, 6) is 0.638. The van der Waals surface area contributed by atoms with Crippen molar-refractivity contribution >= 4 is 11.7 Å². The zero-order valence-corrected chi connectivity index (χ0v) is 14.0. The van der Waals surface area contributed by atoms with Gasteiger partial charge in [-0.2, -0.15) is 0 Å². The number of likely N-dealkylation sites (N-methyl/N-ethyl adjacent to an activating group) is 1. The minimum absolute atomic E-state index is 0.200. The summed E-state index contributed by atoms with van der Waals surface area (Å²) in [6, 6.07) is 13.4. The van der Waals surface area contributed by atoms with Crippen LogP contribution >= 0.6 is 0 Å². The molecule has 6 nitrogen and oxygen atoms in total. The van der Waals surface area contributed by atoms with Gasteiger partial charge in [-0.15, -0.1) is 10.2 Å². The van der Waals surface area contributed by atoms with E-state index in [-0.39, 0.29) is 5.91 Å². The minimum atomic E-state index is -0.200. The zero-order valence-electron chi connectivity index (χ0n) is 14.0. The van der Waals surface area contributed by atoms with E-state index in [0.29, 0.717) is 12.2 Å². The molecule has 0 radical (unpaired) electrons. The lowest BCUT2D eigenvalue weighted by atomic mass is 10.2. The monoisotopic (exact) mass is 325 g/mol. The molecule has 1 fully saturated rings. The molecule has 3 rings (SSSR count). The molecule has 0 unspecified atom stereocenters. The van der Waals surface area contributed by atoms with Gasteiger partial charge in [-0.25, -0.2) is 0 Å². The summed E-state index contributed by atoms with van der Waals surface area (Å²) in [6.07, 6.45) is 0. The van der Waals surface area contributed by atoms with E-state index in [2.05, 4.69) is 32.2 Å². The lowest BCUT2D eigenvalue weighted by molar-refractivity contribution is 0.0945. The van der Waals surface area contributed by atoms with Gasteiger partial charge in [0.25, 0.3) is 5.91 Å². The molecule has 1 amide bonds. The van der Waals surface area contributed by atoms with Crippen molar-refractivity contribution in [1.29, 1.82) is 0 Å². The Balaban J connectivity index is 1.55. The second-order valence-electron chi connectivity index (χ2n) is 5.87.